The van der Waals surface area contributed by atoms with Crippen LogP contribution in [0.3, 0.4) is 0 Å². The Morgan fingerprint density at radius 3 is 2.64 bits per heavy atom. The number of aromatic nitrogens is 3. The van der Waals surface area contributed by atoms with Crippen LogP contribution in [0, 0.1) is 6.92 Å². The molecule has 0 aliphatic carbocycles. The molecule has 0 aromatic carbocycles. The van der Waals surface area contributed by atoms with Gasteiger partial charge in [0.15, 0.2) is 0 Å². The molecule has 0 fully saturated rings. The zero-order valence-corrected chi connectivity index (χ0v) is 6.36. The van der Waals surface area contributed by atoms with Gasteiger partial charge in [0.2, 0.25) is 0 Å². The Kier molecular flexibility index (Phi) is 2.56. The van der Waals surface area contributed by atoms with Gasteiger partial charge in [0, 0.05) is 0 Å². The van der Waals surface area contributed by atoms with E-state index < -0.39 is 0 Å². The molecule has 2 N–H and O–H groups in total. The maximum absolute atomic E-state index is 8.72. The van der Waals surface area contributed by atoms with Crippen molar-refractivity contribution in [2.45, 2.75) is 20.1 Å². The molecule has 62 valence electrons. The van der Waals surface area contributed by atoms with Gasteiger partial charge in [-0.15, -0.1) is 5.10 Å². The van der Waals surface area contributed by atoms with E-state index in [-0.39, 0.29) is 13.2 Å². The van der Waals surface area contributed by atoms with Crippen LogP contribution >= 0.6 is 0 Å². The van der Waals surface area contributed by atoms with E-state index >= 15 is 0 Å². The normalized spacial score (nSPS) is 10.5. The SMILES string of the molecule is Cc1c(CO)nnn1CCO. The van der Waals surface area contributed by atoms with Crippen LogP contribution in [0.5, 0.6) is 0 Å². The summed E-state index contributed by atoms with van der Waals surface area (Å²) in [4.78, 5) is 0. The van der Waals surface area contributed by atoms with Gasteiger partial charge in [0.1, 0.15) is 5.69 Å². The van der Waals surface area contributed by atoms with Crippen molar-refractivity contribution in [3.8, 4) is 0 Å². The smallest absolute Gasteiger partial charge is 0.111 e. The van der Waals surface area contributed by atoms with Crippen molar-refractivity contribution >= 4 is 0 Å². The number of hydrogen-bond acceptors (Lipinski definition) is 4. The number of nitrogens with zero attached hydrogens (tertiary/aromatic N) is 3. The Morgan fingerprint density at radius 2 is 2.18 bits per heavy atom. The standard InChI is InChI=1S/C6H11N3O2/c1-5-6(4-11)7-8-9(5)2-3-10/h10-11H,2-4H2,1H3. The third kappa shape index (κ3) is 1.55. The minimum absolute atomic E-state index is 0.0368. The van der Waals surface area contributed by atoms with Gasteiger partial charge in [-0.3, -0.25) is 0 Å². The Labute approximate surface area is 64.3 Å². The first kappa shape index (κ1) is 8.16. The number of hydrogen-bond donors (Lipinski definition) is 2. The van der Waals surface area contributed by atoms with E-state index in [2.05, 4.69) is 10.3 Å². The molecular weight excluding hydrogens is 146 g/mol. The van der Waals surface area contributed by atoms with Gasteiger partial charge in [-0.2, -0.15) is 0 Å². The molecule has 0 spiro atoms. The highest BCUT2D eigenvalue weighted by Crippen LogP contribution is 2.01. The third-order valence-corrected chi connectivity index (χ3v) is 1.54. The molecule has 0 amide bonds. The lowest BCUT2D eigenvalue weighted by Gasteiger charge is -1.98. The predicted molar refractivity (Wildman–Crippen MR) is 37.8 cm³/mol. The Bertz CT molecular complexity index is 234. The Hall–Kier alpha value is -0.940. The summed E-state index contributed by atoms with van der Waals surface area (Å²) in [6.07, 6.45) is 0. The van der Waals surface area contributed by atoms with Crippen molar-refractivity contribution in [3.63, 3.8) is 0 Å². The summed E-state index contributed by atoms with van der Waals surface area (Å²) >= 11 is 0. The summed E-state index contributed by atoms with van der Waals surface area (Å²) in [7, 11) is 0. The second kappa shape index (κ2) is 3.45. The van der Waals surface area contributed by atoms with Gasteiger partial charge in [0.05, 0.1) is 25.5 Å². The van der Waals surface area contributed by atoms with Gasteiger partial charge in [-0.1, -0.05) is 5.21 Å². The summed E-state index contributed by atoms with van der Waals surface area (Å²) in [6, 6.07) is 0. The number of rotatable bonds is 3. The van der Waals surface area contributed by atoms with Crippen LogP contribution in [-0.2, 0) is 13.2 Å². The van der Waals surface area contributed by atoms with Crippen molar-refractivity contribution in [2.75, 3.05) is 6.61 Å². The topological polar surface area (TPSA) is 71.2 Å². The molecule has 5 nitrogen and oxygen atoms in total. The molecule has 0 aliphatic heterocycles. The molecule has 1 rings (SSSR count). The summed E-state index contributed by atoms with van der Waals surface area (Å²) in [5.74, 6) is 0. The lowest BCUT2D eigenvalue weighted by molar-refractivity contribution is 0.265. The fourth-order valence-electron chi connectivity index (χ4n) is 0.850. The maximum Gasteiger partial charge on any atom is 0.111 e. The zero-order valence-electron chi connectivity index (χ0n) is 6.36. The third-order valence-electron chi connectivity index (χ3n) is 1.54. The highest BCUT2D eigenvalue weighted by molar-refractivity contribution is 5.05. The predicted octanol–water partition coefficient (Wildman–Crippen LogP) is -0.929. The van der Waals surface area contributed by atoms with Crippen LogP contribution in [0.4, 0.5) is 0 Å². The number of aliphatic hydroxyl groups is 2. The van der Waals surface area contributed by atoms with E-state index in [0.717, 1.165) is 5.69 Å². The largest absolute Gasteiger partial charge is 0.394 e. The summed E-state index contributed by atoms with van der Waals surface area (Å²) in [5.41, 5.74) is 1.38. The fourth-order valence-corrected chi connectivity index (χ4v) is 0.850. The molecule has 0 saturated carbocycles. The zero-order chi connectivity index (χ0) is 8.27. The molecule has 0 bridgehead atoms. The fraction of sp³-hybridized carbons (Fsp3) is 0.667. The maximum atomic E-state index is 8.72. The Balaban J connectivity index is 2.82. The molecule has 0 radical (unpaired) electrons. The van der Waals surface area contributed by atoms with Gasteiger partial charge in [0.25, 0.3) is 0 Å². The average Bonchev–Trinajstić information content (AvgIpc) is 2.34. The monoisotopic (exact) mass is 157 g/mol. The van der Waals surface area contributed by atoms with E-state index in [1.165, 1.54) is 0 Å². The molecule has 1 heterocycles. The second-order valence-corrected chi connectivity index (χ2v) is 2.23. The van der Waals surface area contributed by atoms with Gasteiger partial charge in [-0.05, 0) is 6.92 Å². The first-order valence-corrected chi connectivity index (χ1v) is 3.40. The molecule has 1 aromatic heterocycles. The van der Waals surface area contributed by atoms with Crippen LogP contribution in [0.1, 0.15) is 11.4 Å². The first-order chi connectivity index (χ1) is 5.29. The van der Waals surface area contributed by atoms with Crippen LogP contribution in [0.25, 0.3) is 0 Å². The molecular formula is C6H11N3O2. The minimum atomic E-state index is -0.0999. The van der Waals surface area contributed by atoms with E-state index in [4.69, 9.17) is 10.2 Å². The molecule has 0 atom stereocenters. The molecule has 11 heavy (non-hydrogen) atoms. The lowest BCUT2D eigenvalue weighted by atomic mass is 10.3. The van der Waals surface area contributed by atoms with Gasteiger partial charge >= 0.3 is 0 Å². The summed E-state index contributed by atoms with van der Waals surface area (Å²) in [6.45, 7) is 2.17. The summed E-state index contributed by atoms with van der Waals surface area (Å²) < 4.78 is 1.56. The van der Waals surface area contributed by atoms with Gasteiger partial charge < -0.3 is 10.2 Å². The number of aliphatic hydroxyl groups excluding tert-OH is 2. The molecule has 1 aromatic rings. The van der Waals surface area contributed by atoms with E-state index in [9.17, 15) is 0 Å². The van der Waals surface area contributed by atoms with E-state index in [0.29, 0.717) is 12.2 Å². The summed E-state index contributed by atoms with van der Waals surface area (Å²) in [5, 5.41) is 24.7. The van der Waals surface area contributed by atoms with Crippen molar-refractivity contribution < 1.29 is 10.2 Å². The Morgan fingerprint density at radius 1 is 1.45 bits per heavy atom. The second-order valence-electron chi connectivity index (χ2n) is 2.23. The van der Waals surface area contributed by atoms with Gasteiger partial charge in [-0.25, -0.2) is 4.68 Å². The van der Waals surface area contributed by atoms with Crippen LogP contribution in [-0.4, -0.2) is 31.8 Å². The van der Waals surface area contributed by atoms with Crippen LogP contribution in [0.15, 0.2) is 0 Å². The molecule has 0 unspecified atom stereocenters. The minimum Gasteiger partial charge on any atom is -0.394 e. The first-order valence-electron chi connectivity index (χ1n) is 3.40. The van der Waals surface area contributed by atoms with Crippen molar-refractivity contribution in [3.05, 3.63) is 11.4 Å². The van der Waals surface area contributed by atoms with Crippen molar-refractivity contribution in [1.82, 2.24) is 15.0 Å². The average molecular weight is 157 g/mol. The van der Waals surface area contributed by atoms with E-state index in [1.54, 1.807) is 11.6 Å². The van der Waals surface area contributed by atoms with Crippen LogP contribution < -0.4 is 0 Å². The molecule has 0 saturated heterocycles. The quantitative estimate of drug-likeness (QED) is 0.594. The van der Waals surface area contributed by atoms with Crippen LogP contribution in [0.2, 0.25) is 0 Å². The molecule has 5 heteroatoms. The van der Waals surface area contributed by atoms with Crippen molar-refractivity contribution in [2.24, 2.45) is 0 Å². The molecule has 0 aliphatic rings. The van der Waals surface area contributed by atoms with E-state index in [1.807, 2.05) is 0 Å². The van der Waals surface area contributed by atoms with Crippen molar-refractivity contribution in [1.29, 1.82) is 0 Å². The highest BCUT2D eigenvalue weighted by atomic mass is 16.3. The lowest BCUT2D eigenvalue weighted by Crippen LogP contribution is -2.06. The highest BCUT2D eigenvalue weighted by Gasteiger charge is 2.05.